The van der Waals surface area contributed by atoms with Gasteiger partial charge in [0.15, 0.2) is 0 Å². The number of thiophene rings is 1. The maximum Gasteiger partial charge on any atom is 0.122 e. The summed E-state index contributed by atoms with van der Waals surface area (Å²) in [6.07, 6.45) is 1.13. The standard InChI is InChI=1S/C16H17ClO2S/c1-10-9-20-16(15(10)17)13(18)8-11-6-7-19-14-5-3-2-4-12(11)14/h2-5,9,11,13,18H,6-8H2,1H3. The van der Waals surface area contributed by atoms with Crippen molar-refractivity contribution in [1.82, 2.24) is 0 Å². The average molecular weight is 309 g/mol. The van der Waals surface area contributed by atoms with Crippen molar-refractivity contribution in [1.29, 1.82) is 0 Å². The molecule has 0 bridgehead atoms. The fraction of sp³-hybridized carbons (Fsp3) is 0.375. The number of ether oxygens (including phenoxy) is 1. The smallest absolute Gasteiger partial charge is 0.122 e. The molecule has 106 valence electrons. The molecule has 1 aromatic carbocycles. The summed E-state index contributed by atoms with van der Waals surface area (Å²) in [7, 11) is 0. The van der Waals surface area contributed by atoms with Crippen LogP contribution in [0.25, 0.3) is 0 Å². The van der Waals surface area contributed by atoms with Crippen LogP contribution in [-0.4, -0.2) is 11.7 Å². The Morgan fingerprint density at radius 2 is 2.25 bits per heavy atom. The number of para-hydroxylation sites is 1. The first-order chi connectivity index (χ1) is 9.66. The molecule has 1 aromatic heterocycles. The summed E-state index contributed by atoms with van der Waals surface area (Å²) in [6, 6.07) is 8.09. The molecule has 20 heavy (non-hydrogen) atoms. The van der Waals surface area contributed by atoms with Crippen LogP contribution in [0.3, 0.4) is 0 Å². The van der Waals surface area contributed by atoms with Crippen molar-refractivity contribution in [2.75, 3.05) is 6.61 Å². The third-order valence-electron chi connectivity index (χ3n) is 3.82. The molecule has 2 nitrogen and oxygen atoms in total. The first-order valence-corrected chi connectivity index (χ1v) is 8.06. The molecule has 2 atom stereocenters. The summed E-state index contributed by atoms with van der Waals surface area (Å²) in [5.74, 6) is 1.28. The Kier molecular flexibility index (Phi) is 4.01. The lowest BCUT2D eigenvalue weighted by molar-refractivity contribution is 0.148. The molecule has 2 heterocycles. The number of hydrogen-bond acceptors (Lipinski definition) is 3. The van der Waals surface area contributed by atoms with Crippen LogP contribution in [0, 0.1) is 6.92 Å². The maximum absolute atomic E-state index is 10.5. The van der Waals surface area contributed by atoms with E-state index in [9.17, 15) is 5.11 Å². The molecule has 0 aliphatic carbocycles. The lowest BCUT2D eigenvalue weighted by Crippen LogP contribution is -2.16. The van der Waals surface area contributed by atoms with Crippen molar-refractivity contribution in [3.05, 3.63) is 50.7 Å². The number of benzene rings is 1. The largest absolute Gasteiger partial charge is 0.493 e. The van der Waals surface area contributed by atoms with Gasteiger partial charge in [0, 0.05) is 0 Å². The second-order valence-corrected chi connectivity index (χ2v) is 6.51. The minimum Gasteiger partial charge on any atom is -0.493 e. The van der Waals surface area contributed by atoms with Gasteiger partial charge in [-0.25, -0.2) is 0 Å². The molecule has 4 heteroatoms. The lowest BCUT2D eigenvalue weighted by atomic mass is 9.88. The Morgan fingerprint density at radius 1 is 1.45 bits per heavy atom. The molecule has 2 unspecified atom stereocenters. The van der Waals surface area contributed by atoms with E-state index in [1.165, 1.54) is 5.56 Å². The van der Waals surface area contributed by atoms with E-state index in [-0.39, 0.29) is 0 Å². The number of aliphatic hydroxyl groups excluding tert-OH is 1. The van der Waals surface area contributed by atoms with Gasteiger partial charge in [-0.1, -0.05) is 29.8 Å². The molecule has 0 radical (unpaired) electrons. The third-order valence-corrected chi connectivity index (χ3v) is 5.63. The number of hydrogen-bond donors (Lipinski definition) is 1. The topological polar surface area (TPSA) is 29.5 Å². The molecule has 0 amide bonds. The highest BCUT2D eigenvalue weighted by atomic mass is 35.5. The Morgan fingerprint density at radius 3 is 3.00 bits per heavy atom. The zero-order valence-corrected chi connectivity index (χ0v) is 12.9. The Bertz CT molecular complexity index is 608. The van der Waals surface area contributed by atoms with Gasteiger partial charge < -0.3 is 9.84 Å². The van der Waals surface area contributed by atoms with Crippen LogP contribution in [-0.2, 0) is 0 Å². The normalized spacial score (nSPS) is 19.2. The van der Waals surface area contributed by atoms with E-state index < -0.39 is 6.10 Å². The summed E-state index contributed by atoms with van der Waals surface area (Å²) >= 11 is 7.79. The van der Waals surface area contributed by atoms with Crippen LogP contribution in [0.5, 0.6) is 5.75 Å². The van der Waals surface area contributed by atoms with Crippen molar-refractivity contribution in [3.8, 4) is 5.75 Å². The predicted molar refractivity (Wildman–Crippen MR) is 82.9 cm³/mol. The number of fused-ring (bicyclic) bond motifs is 1. The number of aliphatic hydroxyl groups is 1. The predicted octanol–water partition coefficient (Wildman–Crippen LogP) is 4.70. The molecule has 3 rings (SSSR count). The van der Waals surface area contributed by atoms with Gasteiger partial charge in [0.2, 0.25) is 0 Å². The van der Waals surface area contributed by atoms with E-state index in [0.717, 1.165) is 22.6 Å². The van der Waals surface area contributed by atoms with Crippen LogP contribution < -0.4 is 4.74 Å². The van der Waals surface area contributed by atoms with Crippen LogP contribution in [0.2, 0.25) is 5.02 Å². The molecule has 0 saturated carbocycles. The molecule has 0 fully saturated rings. The van der Waals surface area contributed by atoms with E-state index >= 15 is 0 Å². The molecule has 1 aliphatic heterocycles. The number of aryl methyl sites for hydroxylation is 1. The molecule has 1 aliphatic rings. The van der Waals surface area contributed by atoms with E-state index in [1.807, 2.05) is 30.5 Å². The number of rotatable bonds is 3. The molecular weight excluding hydrogens is 292 g/mol. The third kappa shape index (κ3) is 2.58. The minimum atomic E-state index is -0.502. The zero-order valence-electron chi connectivity index (χ0n) is 11.3. The summed E-state index contributed by atoms with van der Waals surface area (Å²) in [6.45, 7) is 2.68. The van der Waals surface area contributed by atoms with Crippen LogP contribution in [0.4, 0.5) is 0 Å². The van der Waals surface area contributed by atoms with Crippen molar-refractivity contribution in [3.63, 3.8) is 0 Å². The molecule has 0 saturated heterocycles. The van der Waals surface area contributed by atoms with Gasteiger partial charge >= 0.3 is 0 Å². The van der Waals surface area contributed by atoms with E-state index in [4.69, 9.17) is 16.3 Å². The highest BCUT2D eigenvalue weighted by Gasteiger charge is 2.26. The first kappa shape index (κ1) is 13.9. The fourth-order valence-corrected chi connectivity index (χ4v) is 4.03. The Labute approximate surface area is 128 Å². The molecule has 1 N–H and O–H groups in total. The highest BCUT2D eigenvalue weighted by Crippen LogP contribution is 2.41. The highest BCUT2D eigenvalue weighted by molar-refractivity contribution is 7.10. The summed E-state index contributed by atoms with van der Waals surface area (Å²) in [4.78, 5) is 0.883. The van der Waals surface area contributed by atoms with Crippen LogP contribution in [0.15, 0.2) is 29.6 Å². The first-order valence-electron chi connectivity index (χ1n) is 6.80. The van der Waals surface area contributed by atoms with Gasteiger partial charge in [-0.3, -0.25) is 0 Å². The van der Waals surface area contributed by atoms with E-state index in [1.54, 1.807) is 11.3 Å². The van der Waals surface area contributed by atoms with Crippen molar-refractivity contribution in [2.45, 2.75) is 31.8 Å². The summed E-state index contributed by atoms with van der Waals surface area (Å²) in [5.41, 5.74) is 2.24. The van der Waals surface area contributed by atoms with Crippen molar-refractivity contribution < 1.29 is 9.84 Å². The second kappa shape index (κ2) is 5.76. The van der Waals surface area contributed by atoms with Gasteiger partial charge in [-0.05, 0) is 48.3 Å². The summed E-state index contributed by atoms with van der Waals surface area (Å²) in [5, 5.41) is 13.2. The second-order valence-electron chi connectivity index (χ2n) is 5.22. The SMILES string of the molecule is Cc1csc(C(O)CC2CCOc3ccccc32)c1Cl. The van der Waals surface area contributed by atoms with Gasteiger partial charge in [0.1, 0.15) is 5.75 Å². The quantitative estimate of drug-likeness (QED) is 0.890. The maximum atomic E-state index is 10.5. The Hall–Kier alpha value is -1.03. The molecule has 0 spiro atoms. The summed E-state index contributed by atoms with van der Waals surface area (Å²) < 4.78 is 5.66. The van der Waals surface area contributed by atoms with Crippen molar-refractivity contribution in [2.24, 2.45) is 0 Å². The van der Waals surface area contributed by atoms with Gasteiger partial charge in [-0.15, -0.1) is 11.3 Å². The minimum absolute atomic E-state index is 0.327. The fourth-order valence-electron chi connectivity index (χ4n) is 2.71. The van der Waals surface area contributed by atoms with E-state index in [2.05, 4.69) is 6.07 Å². The lowest BCUT2D eigenvalue weighted by Gasteiger charge is -2.27. The van der Waals surface area contributed by atoms with Gasteiger partial charge in [0.25, 0.3) is 0 Å². The molecule has 2 aromatic rings. The van der Waals surface area contributed by atoms with Crippen molar-refractivity contribution >= 4 is 22.9 Å². The van der Waals surface area contributed by atoms with E-state index in [0.29, 0.717) is 24.0 Å². The van der Waals surface area contributed by atoms with Crippen LogP contribution >= 0.6 is 22.9 Å². The van der Waals surface area contributed by atoms with Gasteiger partial charge in [0.05, 0.1) is 22.6 Å². The Balaban J connectivity index is 1.80. The average Bonchev–Trinajstić information content (AvgIpc) is 2.79. The molecular formula is C16H17ClO2S. The number of halogens is 1. The monoisotopic (exact) mass is 308 g/mol. The van der Waals surface area contributed by atoms with Crippen LogP contribution in [0.1, 0.15) is 40.9 Å². The van der Waals surface area contributed by atoms with Gasteiger partial charge in [-0.2, -0.15) is 0 Å². The zero-order chi connectivity index (χ0) is 14.1.